The van der Waals surface area contributed by atoms with Crippen molar-refractivity contribution in [2.75, 3.05) is 6.54 Å². The highest BCUT2D eigenvalue weighted by molar-refractivity contribution is 9.10. The summed E-state index contributed by atoms with van der Waals surface area (Å²) in [6, 6.07) is 15.7. The van der Waals surface area contributed by atoms with Gasteiger partial charge in [0, 0.05) is 4.47 Å². The zero-order valence-electron chi connectivity index (χ0n) is 12.0. The van der Waals surface area contributed by atoms with Crippen LogP contribution in [0.4, 0.5) is 0 Å². The Bertz CT molecular complexity index is 721. The van der Waals surface area contributed by atoms with Gasteiger partial charge in [-0.1, -0.05) is 41.1 Å². The van der Waals surface area contributed by atoms with E-state index in [1.807, 2.05) is 0 Å². The van der Waals surface area contributed by atoms with E-state index in [1.165, 1.54) is 21.9 Å². The van der Waals surface area contributed by atoms with Crippen molar-refractivity contribution in [1.29, 1.82) is 0 Å². The number of rotatable bonds is 5. The van der Waals surface area contributed by atoms with Crippen molar-refractivity contribution < 1.29 is 0 Å². The van der Waals surface area contributed by atoms with Crippen LogP contribution in [-0.4, -0.2) is 6.54 Å². The minimum atomic E-state index is 0.282. The van der Waals surface area contributed by atoms with Gasteiger partial charge >= 0.3 is 0 Å². The topological polar surface area (TPSA) is 12.0 Å². The lowest BCUT2D eigenvalue weighted by molar-refractivity contribution is 0.600. The average molecular weight is 360 g/mol. The third kappa shape index (κ3) is 3.37. The second-order valence-electron chi connectivity index (χ2n) is 5.19. The molecule has 0 amide bonds. The van der Waals surface area contributed by atoms with E-state index in [9.17, 15) is 0 Å². The largest absolute Gasteiger partial charge is 0.306 e. The van der Waals surface area contributed by atoms with Crippen LogP contribution in [0, 0.1) is 0 Å². The van der Waals surface area contributed by atoms with Crippen LogP contribution in [0.3, 0.4) is 0 Å². The van der Waals surface area contributed by atoms with Gasteiger partial charge in [0.15, 0.2) is 0 Å². The summed E-state index contributed by atoms with van der Waals surface area (Å²) in [4.78, 5) is 0. The van der Waals surface area contributed by atoms with E-state index in [2.05, 4.69) is 81.4 Å². The second-order valence-corrected chi connectivity index (χ2v) is 6.89. The predicted molar refractivity (Wildman–Crippen MR) is 96.1 cm³/mol. The molecule has 2 aromatic carbocycles. The number of benzene rings is 2. The Morgan fingerprint density at radius 2 is 1.86 bits per heavy atom. The zero-order valence-corrected chi connectivity index (χ0v) is 14.4. The van der Waals surface area contributed by atoms with Gasteiger partial charge in [0.1, 0.15) is 0 Å². The molecule has 1 N–H and O–H groups in total. The summed E-state index contributed by atoms with van der Waals surface area (Å²) in [6.07, 6.45) is 1.14. The molecule has 0 radical (unpaired) electrons. The van der Waals surface area contributed by atoms with Crippen LogP contribution in [0.25, 0.3) is 10.8 Å². The Morgan fingerprint density at radius 1 is 1.05 bits per heavy atom. The van der Waals surface area contributed by atoms with E-state index in [0.717, 1.165) is 17.4 Å². The monoisotopic (exact) mass is 359 g/mol. The van der Waals surface area contributed by atoms with Gasteiger partial charge < -0.3 is 5.32 Å². The first-order valence-corrected chi connectivity index (χ1v) is 8.96. The molecule has 0 fully saturated rings. The molecule has 0 aliphatic carbocycles. The molecule has 0 saturated carbocycles. The first-order valence-electron chi connectivity index (χ1n) is 7.22. The van der Waals surface area contributed by atoms with Crippen molar-refractivity contribution in [2.24, 2.45) is 0 Å². The normalized spacial score (nSPS) is 12.7. The number of nitrogens with one attached hydrogen (secondary N) is 1. The quantitative estimate of drug-likeness (QED) is 0.611. The second kappa shape index (κ2) is 6.73. The standard InChI is InChI=1S/C18H18BrNS/c1-2-8-20-18(16-7-9-21-12-16)15-4-3-14-11-17(19)6-5-13(14)10-15/h3-7,9-12,18,20H,2,8H2,1H3. The Balaban J connectivity index is 2.00. The van der Waals surface area contributed by atoms with E-state index in [1.54, 1.807) is 11.3 Å². The van der Waals surface area contributed by atoms with Gasteiger partial charge in [-0.05, 0) is 69.9 Å². The smallest absolute Gasteiger partial charge is 0.0585 e. The fourth-order valence-electron chi connectivity index (χ4n) is 2.57. The predicted octanol–water partition coefficient (Wildman–Crippen LogP) is 5.75. The molecule has 3 aromatic rings. The summed E-state index contributed by atoms with van der Waals surface area (Å²) in [6.45, 7) is 3.23. The fourth-order valence-corrected chi connectivity index (χ4v) is 3.64. The van der Waals surface area contributed by atoms with E-state index >= 15 is 0 Å². The van der Waals surface area contributed by atoms with Crippen molar-refractivity contribution in [2.45, 2.75) is 19.4 Å². The van der Waals surface area contributed by atoms with Gasteiger partial charge in [0.05, 0.1) is 6.04 Å². The molecule has 1 heterocycles. The Labute approximate surface area is 138 Å². The number of fused-ring (bicyclic) bond motifs is 1. The lowest BCUT2D eigenvalue weighted by atomic mass is 9.98. The van der Waals surface area contributed by atoms with E-state index in [-0.39, 0.29) is 6.04 Å². The highest BCUT2D eigenvalue weighted by atomic mass is 79.9. The van der Waals surface area contributed by atoms with Crippen LogP contribution in [0.5, 0.6) is 0 Å². The lowest BCUT2D eigenvalue weighted by Crippen LogP contribution is -2.22. The van der Waals surface area contributed by atoms with Crippen LogP contribution in [0.2, 0.25) is 0 Å². The minimum Gasteiger partial charge on any atom is -0.306 e. The first kappa shape index (κ1) is 14.8. The molecular formula is C18H18BrNS. The van der Waals surface area contributed by atoms with Crippen molar-refractivity contribution in [3.63, 3.8) is 0 Å². The third-order valence-corrected chi connectivity index (χ3v) is 4.83. The Hall–Kier alpha value is -1.16. The highest BCUT2D eigenvalue weighted by Gasteiger charge is 2.14. The molecule has 3 rings (SSSR count). The average Bonchev–Trinajstić information content (AvgIpc) is 3.02. The molecule has 1 unspecified atom stereocenters. The number of hydrogen-bond acceptors (Lipinski definition) is 2. The van der Waals surface area contributed by atoms with Crippen LogP contribution in [-0.2, 0) is 0 Å². The lowest BCUT2D eigenvalue weighted by Gasteiger charge is -2.19. The molecule has 0 spiro atoms. The molecule has 108 valence electrons. The molecular weight excluding hydrogens is 342 g/mol. The maximum atomic E-state index is 3.66. The summed E-state index contributed by atoms with van der Waals surface area (Å²) >= 11 is 5.29. The maximum Gasteiger partial charge on any atom is 0.0585 e. The van der Waals surface area contributed by atoms with Crippen molar-refractivity contribution in [1.82, 2.24) is 5.32 Å². The maximum absolute atomic E-state index is 3.66. The van der Waals surface area contributed by atoms with Gasteiger partial charge in [-0.2, -0.15) is 11.3 Å². The van der Waals surface area contributed by atoms with Crippen LogP contribution < -0.4 is 5.32 Å². The third-order valence-electron chi connectivity index (χ3n) is 3.63. The van der Waals surface area contributed by atoms with Crippen LogP contribution in [0.1, 0.15) is 30.5 Å². The molecule has 3 heteroatoms. The SMILES string of the molecule is CCCNC(c1ccsc1)c1ccc2cc(Br)ccc2c1. The minimum absolute atomic E-state index is 0.282. The van der Waals surface area contributed by atoms with E-state index in [0.29, 0.717) is 0 Å². The molecule has 1 nitrogen and oxygen atoms in total. The molecule has 0 bridgehead atoms. The van der Waals surface area contributed by atoms with Crippen molar-refractivity contribution in [3.8, 4) is 0 Å². The molecule has 0 saturated heterocycles. The van der Waals surface area contributed by atoms with E-state index in [4.69, 9.17) is 0 Å². The molecule has 1 atom stereocenters. The van der Waals surface area contributed by atoms with Crippen LogP contribution in [0.15, 0.2) is 57.7 Å². The fraction of sp³-hybridized carbons (Fsp3) is 0.222. The van der Waals surface area contributed by atoms with Gasteiger partial charge in [-0.25, -0.2) is 0 Å². The number of thiophene rings is 1. The van der Waals surface area contributed by atoms with Crippen molar-refractivity contribution >= 4 is 38.0 Å². The summed E-state index contributed by atoms with van der Waals surface area (Å²) in [5.41, 5.74) is 2.68. The summed E-state index contributed by atoms with van der Waals surface area (Å²) < 4.78 is 1.13. The number of halogens is 1. The summed E-state index contributed by atoms with van der Waals surface area (Å²) in [5.74, 6) is 0. The summed E-state index contributed by atoms with van der Waals surface area (Å²) in [7, 11) is 0. The molecule has 0 aliphatic heterocycles. The van der Waals surface area contributed by atoms with Gasteiger partial charge in [0.2, 0.25) is 0 Å². The van der Waals surface area contributed by atoms with Crippen molar-refractivity contribution in [3.05, 3.63) is 68.8 Å². The number of hydrogen-bond donors (Lipinski definition) is 1. The highest BCUT2D eigenvalue weighted by Crippen LogP contribution is 2.28. The molecule has 21 heavy (non-hydrogen) atoms. The van der Waals surface area contributed by atoms with Gasteiger partial charge in [0.25, 0.3) is 0 Å². The van der Waals surface area contributed by atoms with Crippen LogP contribution >= 0.6 is 27.3 Å². The summed E-state index contributed by atoms with van der Waals surface area (Å²) in [5, 5.41) is 10.6. The van der Waals surface area contributed by atoms with Gasteiger partial charge in [-0.3, -0.25) is 0 Å². The molecule has 1 aromatic heterocycles. The van der Waals surface area contributed by atoms with Gasteiger partial charge in [-0.15, -0.1) is 0 Å². The Morgan fingerprint density at radius 3 is 2.62 bits per heavy atom. The zero-order chi connectivity index (χ0) is 14.7. The molecule has 0 aliphatic rings. The Kier molecular flexibility index (Phi) is 4.73. The van der Waals surface area contributed by atoms with E-state index < -0.39 is 0 Å². The first-order chi connectivity index (χ1) is 10.3.